The van der Waals surface area contributed by atoms with Crippen LogP contribution in [-0.2, 0) is 16.1 Å². The summed E-state index contributed by atoms with van der Waals surface area (Å²) in [6.45, 7) is 6.04. The van der Waals surface area contributed by atoms with Gasteiger partial charge in [0.2, 0.25) is 0 Å². The van der Waals surface area contributed by atoms with Gasteiger partial charge in [-0.05, 0) is 61.7 Å². The first kappa shape index (κ1) is 18.3. The van der Waals surface area contributed by atoms with Crippen LogP contribution in [0.25, 0.3) is 0 Å². The van der Waals surface area contributed by atoms with Crippen LogP contribution in [0.1, 0.15) is 23.6 Å². The summed E-state index contributed by atoms with van der Waals surface area (Å²) in [7, 11) is 1.64. The summed E-state index contributed by atoms with van der Waals surface area (Å²) in [5.41, 5.74) is 3.55. The molecule has 5 heteroatoms. The van der Waals surface area contributed by atoms with Gasteiger partial charge in [0.05, 0.1) is 6.61 Å². The molecule has 4 nitrogen and oxygen atoms in total. The van der Waals surface area contributed by atoms with E-state index in [4.69, 9.17) is 21.1 Å². The van der Waals surface area contributed by atoms with Crippen LogP contribution in [-0.4, -0.2) is 19.1 Å². The van der Waals surface area contributed by atoms with Crippen LogP contribution in [0.4, 0.5) is 5.69 Å². The lowest BCUT2D eigenvalue weighted by Gasteiger charge is -2.16. The number of carbonyl (C=O) groups excluding carboxylic acids is 1. The van der Waals surface area contributed by atoms with Crippen molar-refractivity contribution in [1.29, 1.82) is 0 Å². The van der Waals surface area contributed by atoms with Gasteiger partial charge in [-0.25, -0.2) is 0 Å². The quantitative estimate of drug-likeness (QED) is 0.836. The van der Waals surface area contributed by atoms with Gasteiger partial charge >= 0.3 is 0 Å². The van der Waals surface area contributed by atoms with Crippen molar-refractivity contribution >= 4 is 23.2 Å². The number of hydrogen-bond acceptors (Lipinski definition) is 3. The number of anilines is 1. The van der Waals surface area contributed by atoms with E-state index in [1.54, 1.807) is 14.0 Å². The highest BCUT2D eigenvalue weighted by molar-refractivity contribution is 6.32. The number of ether oxygens (including phenoxy) is 2. The van der Waals surface area contributed by atoms with Crippen molar-refractivity contribution in [3.05, 3.63) is 58.1 Å². The molecule has 2 aromatic rings. The monoisotopic (exact) mass is 347 g/mol. The van der Waals surface area contributed by atoms with Gasteiger partial charge in [0.1, 0.15) is 5.75 Å². The number of carbonyl (C=O) groups is 1. The number of rotatable bonds is 6. The van der Waals surface area contributed by atoms with E-state index in [2.05, 4.69) is 5.32 Å². The predicted octanol–water partition coefficient (Wildman–Crippen LogP) is 4.51. The summed E-state index contributed by atoms with van der Waals surface area (Å²) < 4.78 is 10.8. The first-order valence-corrected chi connectivity index (χ1v) is 8.10. The zero-order valence-corrected chi connectivity index (χ0v) is 15.1. The van der Waals surface area contributed by atoms with Crippen LogP contribution < -0.4 is 10.1 Å². The maximum Gasteiger partial charge on any atom is 0.265 e. The third-order valence-corrected chi connectivity index (χ3v) is 4.19. The molecule has 24 heavy (non-hydrogen) atoms. The molecule has 0 heterocycles. The Hall–Kier alpha value is -2.04. The van der Waals surface area contributed by atoms with E-state index in [1.165, 1.54) is 0 Å². The number of aryl methyl sites for hydroxylation is 2. The average molecular weight is 348 g/mol. The van der Waals surface area contributed by atoms with Gasteiger partial charge in [-0.15, -0.1) is 0 Å². The van der Waals surface area contributed by atoms with Crippen LogP contribution >= 0.6 is 11.6 Å². The van der Waals surface area contributed by atoms with Crippen LogP contribution in [0.3, 0.4) is 0 Å². The van der Waals surface area contributed by atoms with Crippen molar-refractivity contribution in [2.75, 3.05) is 12.4 Å². The van der Waals surface area contributed by atoms with Gasteiger partial charge in [-0.3, -0.25) is 4.79 Å². The van der Waals surface area contributed by atoms with Crippen LogP contribution in [0.5, 0.6) is 5.75 Å². The summed E-state index contributed by atoms with van der Waals surface area (Å²) in [6.07, 6.45) is -0.629. The average Bonchev–Trinajstić information content (AvgIpc) is 2.53. The van der Waals surface area contributed by atoms with Crippen molar-refractivity contribution in [2.24, 2.45) is 0 Å². The second-order valence-corrected chi connectivity index (χ2v) is 6.13. The molecule has 2 rings (SSSR count). The molecular formula is C19H22ClNO3. The second kappa shape index (κ2) is 8.18. The number of methoxy groups -OCH3 is 1. The van der Waals surface area contributed by atoms with Crippen LogP contribution in [0.2, 0.25) is 5.02 Å². The summed E-state index contributed by atoms with van der Waals surface area (Å²) in [4.78, 5) is 12.3. The standard InChI is InChI=1S/C19H22ClNO3/c1-12-8-17(9-13(2)18(12)20)24-14(3)19(22)21-16-7-5-6-15(10-16)11-23-4/h5-10,14H,11H2,1-4H3,(H,21,22)/t14-/m1/s1. The van der Waals surface area contributed by atoms with E-state index in [1.807, 2.05) is 50.2 Å². The van der Waals surface area contributed by atoms with Gasteiger partial charge in [0, 0.05) is 17.8 Å². The molecule has 0 aliphatic heterocycles. The van der Waals surface area contributed by atoms with Gasteiger partial charge in [0.15, 0.2) is 6.10 Å². The smallest absolute Gasteiger partial charge is 0.265 e. The Bertz CT molecular complexity index is 707. The van der Waals surface area contributed by atoms with Crippen molar-refractivity contribution in [3.8, 4) is 5.75 Å². The van der Waals surface area contributed by atoms with E-state index < -0.39 is 6.10 Å². The first-order valence-electron chi connectivity index (χ1n) is 7.73. The fourth-order valence-corrected chi connectivity index (χ4v) is 2.49. The lowest BCUT2D eigenvalue weighted by atomic mass is 10.1. The molecule has 1 atom stereocenters. The number of halogens is 1. The Kier molecular flexibility index (Phi) is 6.23. The number of nitrogens with one attached hydrogen (secondary N) is 1. The maximum atomic E-state index is 12.3. The van der Waals surface area contributed by atoms with Crippen molar-refractivity contribution in [2.45, 2.75) is 33.5 Å². The molecule has 0 spiro atoms. The number of benzene rings is 2. The van der Waals surface area contributed by atoms with Gasteiger partial charge in [-0.1, -0.05) is 23.7 Å². The Balaban J connectivity index is 2.03. The van der Waals surface area contributed by atoms with E-state index in [0.29, 0.717) is 18.0 Å². The molecule has 0 saturated carbocycles. The number of hydrogen-bond donors (Lipinski definition) is 1. The summed E-state index contributed by atoms with van der Waals surface area (Å²) in [5.74, 6) is 0.417. The highest BCUT2D eigenvalue weighted by Gasteiger charge is 2.16. The highest BCUT2D eigenvalue weighted by atomic mass is 35.5. The fraction of sp³-hybridized carbons (Fsp3) is 0.316. The van der Waals surface area contributed by atoms with Gasteiger partial charge in [-0.2, -0.15) is 0 Å². The third-order valence-electron chi connectivity index (χ3n) is 3.60. The summed E-state index contributed by atoms with van der Waals surface area (Å²) in [6, 6.07) is 11.2. The molecule has 0 aliphatic carbocycles. The van der Waals surface area contributed by atoms with E-state index >= 15 is 0 Å². The zero-order valence-electron chi connectivity index (χ0n) is 14.4. The molecule has 1 amide bonds. The Morgan fingerprint density at radius 2 is 1.88 bits per heavy atom. The Morgan fingerprint density at radius 1 is 1.21 bits per heavy atom. The van der Waals surface area contributed by atoms with Gasteiger partial charge in [0.25, 0.3) is 5.91 Å². The molecule has 2 aromatic carbocycles. The minimum atomic E-state index is -0.629. The molecule has 0 saturated heterocycles. The van der Waals surface area contributed by atoms with Crippen LogP contribution in [0, 0.1) is 13.8 Å². The number of amides is 1. The predicted molar refractivity (Wildman–Crippen MR) is 96.8 cm³/mol. The largest absolute Gasteiger partial charge is 0.481 e. The van der Waals surface area contributed by atoms with Gasteiger partial charge < -0.3 is 14.8 Å². The summed E-state index contributed by atoms with van der Waals surface area (Å²) >= 11 is 6.15. The van der Waals surface area contributed by atoms with Crippen molar-refractivity contribution < 1.29 is 14.3 Å². The summed E-state index contributed by atoms with van der Waals surface area (Å²) in [5, 5.41) is 3.57. The first-order chi connectivity index (χ1) is 11.4. The normalized spacial score (nSPS) is 11.9. The minimum absolute atomic E-state index is 0.213. The molecule has 0 bridgehead atoms. The third kappa shape index (κ3) is 4.73. The van der Waals surface area contributed by atoms with Crippen molar-refractivity contribution in [3.63, 3.8) is 0 Å². The molecular weight excluding hydrogens is 326 g/mol. The SMILES string of the molecule is COCc1cccc(NC(=O)[C@@H](C)Oc2cc(C)c(Cl)c(C)c2)c1. The van der Waals surface area contributed by atoms with E-state index in [9.17, 15) is 4.79 Å². The fourth-order valence-electron chi connectivity index (χ4n) is 2.38. The molecule has 0 radical (unpaired) electrons. The van der Waals surface area contributed by atoms with E-state index in [-0.39, 0.29) is 5.91 Å². The molecule has 0 fully saturated rings. The second-order valence-electron chi connectivity index (χ2n) is 5.75. The zero-order chi connectivity index (χ0) is 17.7. The lowest BCUT2D eigenvalue weighted by molar-refractivity contribution is -0.122. The maximum absolute atomic E-state index is 12.3. The molecule has 1 N–H and O–H groups in total. The Labute approximate surface area is 147 Å². The molecule has 0 aromatic heterocycles. The molecule has 0 unspecified atom stereocenters. The van der Waals surface area contributed by atoms with Crippen molar-refractivity contribution in [1.82, 2.24) is 0 Å². The topological polar surface area (TPSA) is 47.6 Å². The Morgan fingerprint density at radius 3 is 2.50 bits per heavy atom. The minimum Gasteiger partial charge on any atom is -0.481 e. The van der Waals surface area contributed by atoms with Crippen LogP contribution in [0.15, 0.2) is 36.4 Å². The highest BCUT2D eigenvalue weighted by Crippen LogP contribution is 2.26. The molecule has 0 aliphatic rings. The van der Waals surface area contributed by atoms with E-state index in [0.717, 1.165) is 21.7 Å². The lowest BCUT2D eigenvalue weighted by Crippen LogP contribution is -2.30. The molecule has 128 valence electrons.